The van der Waals surface area contributed by atoms with Crippen molar-refractivity contribution < 1.29 is 19.5 Å². The van der Waals surface area contributed by atoms with Crippen molar-refractivity contribution in [1.82, 2.24) is 10.6 Å². The lowest BCUT2D eigenvalue weighted by atomic mass is 10.0. The van der Waals surface area contributed by atoms with Crippen LogP contribution in [-0.2, 0) is 14.4 Å². The Morgan fingerprint density at radius 2 is 1.76 bits per heavy atom. The molecule has 0 fully saturated rings. The highest BCUT2D eigenvalue weighted by molar-refractivity contribution is 7.80. The van der Waals surface area contributed by atoms with E-state index in [0.29, 0.717) is 19.4 Å². The third-order valence-electron chi connectivity index (χ3n) is 3.35. The highest BCUT2D eigenvalue weighted by atomic mass is 32.1. The first-order valence-electron chi connectivity index (χ1n) is 7.85. The minimum atomic E-state index is -1.20. The van der Waals surface area contributed by atoms with Crippen LogP contribution in [0.15, 0.2) is 4.99 Å². The van der Waals surface area contributed by atoms with E-state index in [1.165, 1.54) is 0 Å². The zero-order valence-corrected chi connectivity index (χ0v) is 15.3. The molecule has 0 aliphatic carbocycles. The lowest BCUT2D eigenvalue weighted by molar-refractivity contribution is -0.141. The maximum atomic E-state index is 12.2. The summed E-state index contributed by atoms with van der Waals surface area (Å²) in [4.78, 5) is 39.2. The van der Waals surface area contributed by atoms with E-state index in [4.69, 9.17) is 22.3 Å². The SMILES string of the molecule is CC(C)[C@H](NC(=O)[C@@H](N)CCCN=C(N)N)C(=O)N[C@@H](CS)C(=O)O. The van der Waals surface area contributed by atoms with Gasteiger partial charge < -0.3 is 32.9 Å². The van der Waals surface area contributed by atoms with Gasteiger partial charge in [-0.25, -0.2) is 4.79 Å². The molecule has 0 unspecified atom stereocenters. The molecule has 9 N–H and O–H groups in total. The van der Waals surface area contributed by atoms with Crippen LogP contribution in [0.5, 0.6) is 0 Å². The van der Waals surface area contributed by atoms with Gasteiger partial charge in [0.15, 0.2) is 5.96 Å². The lowest BCUT2D eigenvalue weighted by Gasteiger charge is -2.25. The first-order chi connectivity index (χ1) is 11.6. The van der Waals surface area contributed by atoms with Crippen molar-refractivity contribution in [1.29, 1.82) is 0 Å². The number of amides is 2. The van der Waals surface area contributed by atoms with E-state index < -0.39 is 35.9 Å². The van der Waals surface area contributed by atoms with Gasteiger partial charge in [0, 0.05) is 12.3 Å². The smallest absolute Gasteiger partial charge is 0.327 e. The van der Waals surface area contributed by atoms with Gasteiger partial charge >= 0.3 is 5.97 Å². The number of hydrogen-bond donors (Lipinski definition) is 7. The van der Waals surface area contributed by atoms with E-state index in [-0.39, 0.29) is 17.6 Å². The molecule has 0 radical (unpaired) electrons. The Hall–Kier alpha value is -2.01. The maximum Gasteiger partial charge on any atom is 0.327 e. The van der Waals surface area contributed by atoms with E-state index in [0.717, 1.165) is 0 Å². The number of carbonyl (C=O) groups excluding carboxylic acids is 2. The van der Waals surface area contributed by atoms with Crippen LogP contribution in [0.4, 0.5) is 0 Å². The topological polar surface area (TPSA) is 186 Å². The monoisotopic (exact) mass is 376 g/mol. The van der Waals surface area contributed by atoms with Gasteiger partial charge in [-0.15, -0.1) is 0 Å². The first-order valence-corrected chi connectivity index (χ1v) is 8.48. The van der Waals surface area contributed by atoms with E-state index in [9.17, 15) is 14.4 Å². The zero-order chi connectivity index (χ0) is 19.6. The predicted octanol–water partition coefficient (Wildman–Crippen LogP) is -1.99. The Kier molecular flexibility index (Phi) is 10.6. The average molecular weight is 376 g/mol. The van der Waals surface area contributed by atoms with Crippen molar-refractivity contribution in [3.63, 3.8) is 0 Å². The first kappa shape index (κ1) is 23.0. The quantitative estimate of drug-likeness (QED) is 0.0940. The Bertz CT molecular complexity index is 496. The Labute approximate surface area is 152 Å². The van der Waals surface area contributed by atoms with Crippen LogP contribution in [0.1, 0.15) is 26.7 Å². The number of nitrogens with two attached hydrogens (primary N) is 3. The molecule has 0 saturated heterocycles. The second-order valence-electron chi connectivity index (χ2n) is 5.87. The molecule has 0 heterocycles. The summed E-state index contributed by atoms with van der Waals surface area (Å²) in [6.45, 7) is 3.80. The number of aliphatic carboxylic acids is 1. The number of guanidine groups is 1. The summed E-state index contributed by atoms with van der Waals surface area (Å²) in [7, 11) is 0. The summed E-state index contributed by atoms with van der Waals surface area (Å²) in [5.74, 6) is -2.66. The number of nitrogens with zero attached hydrogens (tertiary/aromatic N) is 1. The van der Waals surface area contributed by atoms with Crippen LogP contribution in [0.3, 0.4) is 0 Å². The van der Waals surface area contributed by atoms with E-state index in [1.807, 2.05) is 0 Å². The van der Waals surface area contributed by atoms with Crippen molar-refractivity contribution >= 4 is 36.4 Å². The van der Waals surface area contributed by atoms with Crippen LogP contribution < -0.4 is 27.8 Å². The molecule has 144 valence electrons. The Balaban J connectivity index is 4.68. The van der Waals surface area contributed by atoms with Gasteiger partial charge in [-0.2, -0.15) is 12.6 Å². The normalized spacial score (nSPS) is 14.3. The summed E-state index contributed by atoms with van der Waals surface area (Å²) in [6, 6.07) is -2.87. The predicted molar refractivity (Wildman–Crippen MR) is 98.1 cm³/mol. The fourth-order valence-corrected chi connectivity index (χ4v) is 2.14. The van der Waals surface area contributed by atoms with E-state index in [2.05, 4.69) is 28.3 Å². The molecular weight excluding hydrogens is 348 g/mol. The second kappa shape index (κ2) is 11.5. The Morgan fingerprint density at radius 1 is 1.16 bits per heavy atom. The number of hydrogen-bond acceptors (Lipinski definition) is 6. The lowest BCUT2D eigenvalue weighted by Crippen LogP contribution is -2.56. The van der Waals surface area contributed by atoms with E-state index in [1.54, 1.807) is 13.8 Å². The molecule has 0 aliphatic heterocycles. The molecule has 0 aromatic rings. The van der Waals surface area contributed by atoms with Crippen molar-refractivity contribution in [2.45, 2.75) is 44.8 Å². The molecule has 0 rings (SSSR count). The van der Waals surface area contributed by atoms with Gasteiger partial charge in [0.2, 0.25) is 11.8 Å². The van der Waals surface area contributed by atoms with Crippen LogP contribution >= 0.6 is 12.6 Å². The van der Waals surface area contributed by atoms with Gasteiger partial charge in [-0.1, -0.05) is 13.8 Å². The largest absolute Gasteiger partial charge is 0.480 e. The van der Waals surface area contributed by atoms with Crippen molar-refractivity contribution in [2.24, 2.45) is 28.1 Å². The van der Waals surface area contributed by atoms with Crippen molar-refractivity contribution in [2.75, 3.05) is 12.3 Å². The summed E-state index contributed by atoms with van der Waals surface area (Å²) < 4.78 is 0. The highest BCUT2D eigenvalue weighted by Crippen LogP contribution is 2.05. The van der Waals surface area contributed by atoms with E-state index >= 15 is 0 Å². The number of nitrogens with one attached hydrogen (secondary N) is 2. The minimum Gasteiger partial charge on any atom is -0.480 e. The molecule has 0 spiro atoms. The number of rotatable bonds is 11. The third kappa shape index (κ3) is 9.15. The van der Waals surface area contributed by atoms with Crippen LogP contribution in [0.25, 0.3) is 0 Å². The highest BCUT2D eigenvalue weighted by Gasteiger charge is 2.29. The molecule has 0 saturated carbocycles. The molecule has 3 atom stereocenters. The fourth-order valence-electron chi connectivity index (χ4n) is 1.89. The van der Waals surface area contributed by atoms with Crippen LogP contribution in [-0.4, -0.2) is 59.3 Å². The van der Waals surface area contributed by atoms with Crippen molar-refractivity contribution in [3.8, 4) is 0 Å². The summed E-state index contributed by atoms with van der Waals surface area (Å²) in [6.07, 6.45) is 0.842. The van der Waals surface area contributed by atoms with Crippen LogP contribution in [0, 0.1) is 5.92 Å². The number of carboxylic acids is 1. The molecular formula is C14H28N6O4S. The van der Waals surface area contributed by atoms with Gasteiger partial charge in [-0.3, -0.25) is 14.6 Å². The maximum absolute atomic E-state index is 12.2. The van der Waals surface area contributed by atoms with Gasteiger partial charge in [0.25, 0.3) is 0 Å². The zero-order valence-electron chi connectivity index (χ0n) is 14.4. The van der Waals surface area contributed by atoms with Gasteiger partial charge in [0.05, 0.1) is 6.04 Å². The molecule has 0 aromatic carbocycles. The minimum absolute atomic E-state index is 0.0354. The summed E-state index contributed by atoms with van der Waals surface area (Å²) in [5.41, 5.74) is 16.2. The third-order valence-corrected chi connectivity index (χ3v) is 3.71. The molecule has 11 heteroatoms. The molecule has 25 heavy (non-hydrogen) atoms. The molecule has 10 nitrogen and oxygen atoms in total. The fraction of sp³-hybridized carbons (Fsp3) is 0.714. The van der Waals surface area contributed by atoms with Gasteiger partial charge in [0.1, 0.15) is 12.1 Å². The summed E-state index contributed by atoms with van der Waals surface area (Å²) >= 11 is 3.88. The second-order valence-corrected chi connectivity index (χ2v) is 6.23. The molecule has 2 amide bonds. The molecule has 0 aliphatic rings. The number of aliphatic imine (C=N–C) groups is 1. The average Bonchev–Trinajstić information content (AvgIpc) is 2.52. The summed E-state index contributed by atoms with van der Waals surface area (Å²) in [5, 5.41) is 13.9. The van der Waals surface area contributed by atoms with Crippen LogP contribution in [0.2, 0.25) is 0 Å². The molecule has 0 aromatic heterocycles. The number of thiol groups is 1. The Morgan fingerprint density at radius 3 is 2.20 bits per heavy atom. The number of carboxylic acid groups (broad SMARTS) is 1. The van der Waals surface area contributed by atoms with Crippen molar-refractivity contribution in [3.05, 3.63) is 0 Å². The van der Waals surface area contributed by atoms with Gasteiger partial charge in [-0.05, 0) is 18.8 Å². The standard InChI is InChI=1S/C14H28N6O4S/c1-7(2)10(12(22)19-9(6-25)13(23)24)20-11(21)8(15)4-3-5-18-14(16)17/h7-10,25H,3-6,15H2,1-2H3,(H,19,22)(H,20,21)(H,23,24)(H4,16,17,18)/t8-,9-,10-/m0/s1. The number of carbonyl (C=O) groups is 3. The molecule has 0 bridgehead atoms.